The Balaban J connectivity index is 1.19. The van der Waals surface area contributed by atoms with E-state index in [1.807, 2.05) is 21.9 Å². The molecule has 0 bridgehead atoms. The summed E-state index contributed by atoms with van der Waals surface area (Å²) in [5.74, 6) is 1.47. The third-order valence-corrected chi connectivity index (χ3v) is 6.91. The van der Waals surface area contributed by atoms with Crippen molar-refractivity contribution in [3.63, 3.8) is 0 Å². The molecule has 3 aliphatic rings. The predicted molar refractivity (Wildman–Crippen MR) is 118 cm³/mol. The van der Waals surface area contributed by atoms with Crippen LogP contribution in [0.3, 0.4) is 0 Å². The van der Waals surface area contributed by atoms with Gasteiger partial charge in [-0.05, 0) is 37.8 Å². The third kappa shape index (κ3) is 5.17. The third-order valence-electron chi connectivity index (χ3n) is 6.69. The highest BCUT2D eigenvalue weighted by Gasteiger charge is 2.30. The molecule has 7 nitrogen and oxygen atoms in total. The van der Waals surface area contributed by atoms with Gasteiger partial charge in [0, 0.05) is 57.4 Å². The number of rotatable bonds is 3. The van der Waals surface area contributed by atoms with Gasteiger partial charge < -0.3 is 20.0 Å². The number of urea groups is 1. The van der Waals surface area contributed by atoms with Gasteiger partial charge in [-0.1, -0.05) is 30.9 Å². The van der Waals surface area contributed by atoms with Gasteiger partial charge in [0.15, 0.2) is 0 Å². The Hall–Kier alpha value is -2.02. The fraction of sp³-hybridized carbons (Fsp3) is 0.682. The van der Waals surface area contributed by atoms with Gasteiger partial charge in [-0.25, -0.2) is 9.78 Å². The van der Waals surface area contributed by atoms with Crippen molar-refractivity contribution in [1.29, 1.82) is 0 Å². The number of aromatic nitrogens is 1. The number of carbonyl (C=O) groups is 2. The van der Waals surface area contributed by atoms with Crippen LogP contribution in [0.2, 0.25) is 5.02 Å². The molecule has 3 fully saturated rings. The maximum absolute atomic E-state index is 12.7. The Labute approximate surface area is 183 Å². The average molecular weight is 434 g/mol. The van der Waals surface area contributed by atoms with Crippen LogP contribution in [-0.2, 0) is 4.79 Å². The van der Waals surface area contributed by atoms with Crippen LogP contribution < -0.4 is 10.2 Å². The van der Waals surface area contributed by atoms with E-state index < -0.39 is 0 Å². The van der Waals surface area contributed by atoms with Crippen molar-refractivity contribution in [1.82, 2.24) is 20.1 Å². The number of carbonyl (C=O) groups excluding carboxylic acids is 2. The van der Waals surface area contributed by atoms with E-state index in [1.165, 1.54) is 19.3 Å². The summed E-state index contributed by atoms with van der Waals surface area (Å²) in [4.78, 5) is 35.9. The van der Waals surface area contributed by atoms with Crippen molar-refractivity contribution in [3.05, 3.63) is 23.4 Å². The standard InChI is InChI=1S/C22H32ClN5O2/c23-18-6-7-20(24-16-18)26-12-14-28(15-13-26)22(30)25-19-8-10-27(11-9-19)21(29)17-4-2-1-3-5-17/h6-7,16-17,19H,1-5,8-15H2,(H,25,30). The highest BCUT2D eigenvalue weighted by molar-refractivity contribution is 6.30. The zero-order valence-electron chi connectivity index (χ0n) is 17.6. The molecule has 0 spiro atoms. The Morgan fingerprint density at radius 3 is 2.23 bits per heavy atom. The molecule has 3 heterocycles. The number of piperidine rings is 1. The van der Waals surface area contributed by atoms with Crippen molar-refractivity contribution >= 4 is 29.4 Å². The molecular weight excluding hydrogens is 402 g/mol. The molecule has 8 heteroatoms. The van der Waals surface area contributed by atoms with Crippen LogP contribution in [0, 0.1) is 5.92 Å². The molecule has 164 valence electrons. The summed E-state index contributed by atoms with van der Waals surface area (Å²) in [6, 6.07) is 3.93. The molecule has 1 saturated carbocycles. The van der Waals surface area contributed by atoms with Crippen molar-refractivity contribution < 1.29 is 9.59 Å². The van der Waals surface area contributed by atoms with Gasteiger partial charge in [0.1, 0.15) is 5.82 Å². The number of hydrogen-bond donors (Lipinski definition) is 1. The number of nitrogens with zero attached hydrogens (tertiary/aromatic N) is 4. The van der Waals surface area contributed by atoms with E-state index in [0.29, 0.717) is 24.0 Å². The van der Waals surface area contributed by atoms with Gasteiger partial charge in [-0.3, -0.25) is 4.79 Å². The Kier molecular flexibility index (Phi) is 6.97. The lowest BCUT2D eigenvalue weighted by Crippen LogP contribution is -2.55. The van der Waals surface area contributed by atoms with Gasteiger partial charge in [-0.15, -0.1) is 0 Å². The van der Waals surface area contributed by atoms with E-state index in [9.17, 15) is 9.59 Å². The highest BCUT2D eigenvalue weighted by atomic mass is 35.5. The van der Waals surface area contributed by atoms with E-state index >= 15 is 0 Å². The van der Waals surface area contributed by atoms with Gasteiger partial charge in [0.2, 0.25) is 5.91 Å². The van der Waals surface area contributed by atoms with Crippen LogP contribution in [0.4, 0.5) is 10.6 Å². The molecule has 2 saturated heterocycles. The second kappa shape index (κ2) is 9.86. The molecule has 0 aromatic carbocycles. The van der Waals surface area contributed by atoms with Crippen molar-refractivity contribution in [2.45, 2.75) is 51.0 Å². The lowest BCUT2D eigenvalue weighted by Gasteiger charge is -2.38. The fourth-order valence-electron chi connectivity index (χ4n) is 4.81. The van der Waals surface area contributed by atoms with Crippen LogP contribution in [0.15, 0.2) is 18.3 Å². The molecule has 0 radical (unpaired) electrons. The Morgan fingerprint density at radius 2 is 1.60 bits per heavy atom. The lowest BCUT2D eigenvalue weighted by molar-refractivity contribution is -0.137. The van der Waals surface area contributed by atoms with Gasteiger partial charge in [-0.2, -0.15) is 0 Å². The van der Waals surface area contributed by atoms with Gasteiger partial charge in [0.05, 0.1) is 5.02 Å². The lowest BCUT2D eigenvalue weighted by atomic mass is 9.87. The largest absolute Gasteiger partial charge is 0.353 e. The molecule has 0 unspecified atom stereocenters. The Bertz CT molecular complexity index is 722. The molecule has 1 aromatic rings. The Morgan fingerprint density at radius 1 is 0.900 bits per heavy atom. The number of anilines is 1. The summed E-state index contributed by atoms with van der Waals surface area (Å²) in [6.45, 7) is 4.39. The second-order valence-electron chi connectivity index (χ2n) is 8.69. The molecule has 1 N–H and O–H groups in total. The summed E-state index contributed by atoms with van der Waals surface area (Å²) in [7, 11) is 0. The monoisotopic (exact) mass is 433 g/mol. The van der Waals surface area contributed by atoms with E-state index in [4.69, 9.17) is 11.6 Å². The first-order valence-electron chi connectivity index (χ1n) is 11.3. The van der Waals surface area contributed by atoms with Crippen molar-refractivity contribution in [3.8, 4) is 0 Å². The number of pyridine rings is 1. The summed E-state index contributed by atoms with van der Waals surface area (Å²) in [5.41, 5.74) is 0. The quantitative estimate of drug-likeness (QED) is 0.795. The van der Waals surface area contributed by atoms with Gasteiger partial charge in [0.25, 0.3) is 0 Å². The number of nitrogens with one attached hydrogen (secondary N) is 1. The molecular formula is C22H32ClN5O2. The van der Waals surface area contributed by atoms with Crippen LogP contribution >= 0.6 is 11.6 Å². The maximum atomic E-state index is 12.7. The van der Waals surface area contributed by atoms with Crippen LogP contribution in [-0.4, -0.2) is 72.0 Å². The zero-order valence-corrected chi connectivity index (χ0v) is 18.3. The summed E-state index contributed by atoms with van der Waals surface area (Å²) in [5, 5.41) is 3.82. The van der Waals surface area contributed by atoms with Crippen LogP contribution in [0.25, 0.3) is 0 Å². The minimum atomic E-state index is 0.00997. The van der Waals surface area contributed by atoms with E-state index in [0.717, 1.165) is 57.7 Å². The molecule has 1 aliphatic carbocycles. The summed E-state index contributed by atoms with van der Waals surface area (Å²) >= 11 is 5.91. The smallest absolute Gasteiger partial charge is 0.317 e. The zero-order chi connectivity index (χ0) is 20.9. The topological polar surface area (TPSA) is 68.8 Å². The first kappa shape index (κ1) is 21.2. The second-order valence-corrected chi connectivity index (χ2v) is 9.13. The predicted octanol–water partition coefficient (Wildman–Crippen LogP) is 3.14. The first-order chi connectivity index (χ1) is 14.6. The van der Waals surface area contributed by atoms with Crippen LogP contribution in [0.5, 0.6) is 0 Å². The normalized spacial score (nSPS) is 21.6. The van der Waals surface area contributed by atoms with E-state index in [2.05, 4.69) is 15.2 Å². The molecule has 2 aliphatic heterocycles. The fourth-order valence-corrected chi connectivity index (χ4v) is 4.92. The SMILES string of the molecule is O=C(NC1CCN(C(=O)C2CCCCC2)CC1)N1CCN(c2ccc(Cl)cn2)CC1. The van der Waals surface area contributed by atoms with Crippen LogP contribution in [0.1, 0.15) is 44.9 Å². The molecule has 3 amide bonds. The average Bonchev–Trinajstić information content (AvgIpc) is 2.80. The molecule has 4 rings (SSSR count). The van der Waals surface area contributed by atoms with Crippen molar-refractivity contribution in [2.75, 3.05) is 44.2 Å². The first-order valence-corrected chi connectivity index (χ1v) is 11.7. The molecule has 0 atom stereocenters. The maximum Gasteiger partial charge on any atom is 0.317 e. The molecule has 1 aromatic heterocycles. The minimum absolute atomic E-state index is 0.00997. The number of amides is 3. The minimum Gasteiger partial charge on any atom is -0.353 e. The van der Waals surface area contributed by atoms with E-state index in [1.54, 1.807) is 6.20 Å². The number of piperazine rings is 1. The van der Waals surface area contributed by atoms with E-state index in [-0.39, 0.29) is 18.0 Å². The molecule has 30 heavy (non-hydrogen) atoms. The van der Waals surface area contributed by atoms with Crippen molar-refractivity contribution in [2.24, 2.45) is 5.92 Å². The number of halogens is 1. The van der Waals surface area contributed by atoms with Gasteiger partial charge >= 0.3 is 6.03 Å². The highest BCUT2D eigenvalue weighted by Crippen LogP contribution is 2.26. The number of likely N-dealkylation sites (tertiary alicyclic amines) is 1. The number of hydrogen-bond acceptors (Lipinski definition) is 4. The summed E-state index contributed by atoms with van der Waals surface area (Å²) in [6.07, 6.45) is 9.08. The summed E-state index contributed by atoms with van der Waals surface area (Å²) < 4.78 is 0.